The number of piperazine rings is 2. The highest BCUT2D eigenvalue weighted by Gasteiger charge is 2.64. The molecule has 6 N–H and O–H groups in total. The lowest BCUT2D eigenvalue weighted by molar-refractivity contribution is -0.166. The van der Waals surface area contributed by atoms with E-state index in [1.54, 1.807) is 0 Å². The highest BCUT2D eigenvalue weighted by molar-refractivity contribution is 5.66. The normalized spacial score (nSPS) is 29.8. The van der Waals surface area contributed by atoms with Crippen LogP contribution in [0.15, 0.2) is 55.0 Å². The molecule has 4 aliphatic heterocycles. The third kappa shape index (κ3) is 13.2. The monoisotopic (exact) mass is 1400 g/mol. The van der Waals surface area contributed by atoms with Crippen LogP contribution in [-0.2, 0) is 21.8 Å². The summed E-state index contributed by atoms with van der Waals surface area (Å²) in [7, 11) is 8.22. The fourth-order valence-corrected chi connectivity index (χ4v) is 18.4. The van der Waals surface area contributed by atoms with Crippen molar-refractivity contribution in [2.24, 2.45) is 35.5 Å². The number of pyridine rings is 3. The summed E-state index contributed by atoms with van der Waals surface area (Å²) < 4.78 is 142. The fourth-order valence-electron chi connectivity index (χ4n) is 18.4. The Hall–Kier alpha value is -6.63. The Bertz CT molecular complexity index is 3760. The number of likely N-dealkylation sites (N-methyl/N-ethyl adjacent to an activating group) is 2. The lowest BCUT2D eigenvalue weighted by atomic mass is 9.90. The van der Waals surface area contributed by atoms with Crippen molar-refractivity contribution in [3.05, 3.63) is 83.2 Å². The van der Waals surface area contributed by atoms with Crippen molar-refractivity contribution < 1.29 is 53.7 Å². The number of fused-ring (bicyclic) bond motifs is 3. The second-order valence-electron chi connectivity index (χ2n) is 31.6. The molecule has 12 atom stereocenters. The van der Waals surface area contributed by atoms with Crippen LogP contribution in [0.5, 0.6) is 5.75 Å². The summed E-state index contributed by atoms with van der Waals surface area (Å²) in [6, 6.07) is 11.1. The summed E-state index contributed by atoms with van der Waals surface area (Å²) in [6.07, 6.45) is 1.01. The van der Waals surface area contributed by atoms with Crippen LogP contribution < -0.4 is 21.9 Å². The summed E-state index contributed by atoms with van der Waals surface area (Å²) in [5, 5.41) is 14.1. The van der Waals surface area contributed by atoms with E-state index in [1.807, 2.05) is 65.1 Å². The number of nitrogen functional groups attached to an aromatic ring is 3. The molecule has 0 aromatic carbocycles. The number of nitrogens with two attached hydrogens (primary N) is 3. The Kier molecular flexibility index (Phi) is 18.3. The van der Waals surface area contributed by atoms with Gasteiger partial charge >= 0.3 is 19.0 Å². The first-order chi connectivity index (χ1) is 47.2. The number of anilines is 3. The summed E-state index contributed by atoms with van der Waals surface area (Å²) in [5.74, 6) is 2.94. The van der Waals surface area contributed by atoms with Crippen molar-refractivity contribution in [2.75, 3.05) is 118 Å². The summed E-state index contributed by atoms with van der Waals surface area (Å²) >= 11 is 0. The second kappa shape index (κ2) is 26.0. The Morgan fingerprint density at radius 3 is 1.20 bits per heavy atom. The summed E-state index contributed by atoms with van der Waals surface area (Å²) in [4.78, 5) is 23.8. The minimum Gasteiger partial charge on any atom is -0.431 e. The quantitative estimate of drug-likeness (QED) is 0.0815. The van der Waals surface area contributed by atoms with Gasteiger partial charge in [-0.15, -0.1) is 0 Å². The number of ether oxygens (including phenoxy) is 3. The first kappa shape index (κ1) is 70.4. The van der Waals surface area contributed by atoms with Crippen molar-refractivity contribution >= 4 is 17.5 Å². The van der Waals surface area contributed by atoms with E-state index in [-0.39, 0.29) is 46.7 Å². The molecular weight excluding hydrogens is 1310 g/mol. The van der Waals surface area contributed by atoms with Crippen LogP contribution in [0.3, 0.4) is 0 Å². The third-order valence-electron chi connectivity index (χ3n) is 23.8. The molecule has 6 aromatic heterocycles. The van der Waals surface area contributed by atoms with Gasteiger partial charge in [0.15, 0.2) is 11.6 Å². The van der Waals surface area contributed by atoms with Crippen molar-refractivity contribution in [1.82, 2.24) is 68.8 Å². The van der Waals surface area contributed by atoms with Gasteiger partial charge in [0.25, 0.3) is 0 Å². The highest BCUT2D eigenvalue weighted by Crippen LogP contribution is 2.68. The molecule has 2 spiro atoms. The zero-order valence-electron chi connectivity index (χ0n) is 58.5. The Morgan fingerprint density at radius 2 is 0.880 bits per heavy atom. The van der Waals surface area contributed by atoms with Gasteiger partial charge in [-0.1, -0.05) is 0 Å². The lowest BCUT2D eigenvalue weighted by Gasteiger charge is -2.55. The Balaban J connectivity index is 0.000000128. The van der Waals surface area contributed by atoms with Crippen molar-refractivity contribution in [2.45, 2.75) is 164 Å². The zero-order chi connectivity index (χ0) is 71.2. The average molecular weight is 1400 g/mol. The van der Waals surface area contributed by atoms with Gasteiger partial charge in [-0.3, -0.25) is 33.6 Å². The van der Waals surface area contributed by atoms with Crippen molar-refractivity contribution in [3.8, 4) is 39.5 Å². The number of rotatable bonds is 15. The molecular formula is C71H94F9N17O3. The third-order valence-corrected chi connectivity index (χ3v) is 23.8. The smallest absolute Gasteiger partial charge is 0.419 e. The van der Waals surface area contributed by atoms with E-state index in [0.29, 0.717) is 113 Å². The molecule has 10 aliphatic rings. The van der Waals surface area contributed by atoms with Gasteiger partial charge in [0.05, 0.1) is 65.7 Å². The number of hydrogen-bond donors (Lipinski definition) is 3. The Labute approximate surface area is 577 Å². The number of halogens is 9. The van der Waals surface area contributed by atoms with Crippen molar-refractivity contribution in [1.29, 1.82) is 0 Å². The summed E-state index contributed by atoms with van der Waals surface area (Å²) in [5.41, 5.74) is 20.3. The van der Waals surface area contributed by atoms with Gasteiger partial charge in [0, 0.05) is 146 Å². The maximum atomic E-state index is 15.1. The summed E-state index contributed by atoms with van der Waals surface area (Å²) in [6.45, 7) is 19.6. The van der Waals surface area contributed by atoms with Crippen LogP contribution in [0.4, 0.5) is 57.0 Å². The second-order valence-corrected chi connectivity index (χ2v) is 31.6. The average Bonchev–Trinajstić information content (AvgIpc) is 1.56. The topological polar surface area (TPSA) is 214 Å². The minimum absolute atomic E-state index is 0.0977. The van der Waals surface area contributed by atoms with E-state index < -0.39 is 47.4 Å². The van der Waals surface area contributed by atoms with Crippen molar-refractivity contribution in [3.63, 3.8) is 0 Å². The number of alkyl halides is 9. The van der Waals surface area contributed by atoms with Crippen LogP contribution in [0.1, 0.15) is 144 Å². The maximum Gasteiger partial charge on any atom is 0.419 e. The van der Waals surface area contributed by atoms with E-state index in [1.165, 1.54) is 50.3 Å². The molecule has 10 heterocycles. The standard InChI is InChI=1S/2C25H33F3N6O.C21H28F3N5O/c2*1-14(2)34-21(9-20(31-34)15-6-19(25(26,27)28)23(29)30-10-15)22-17-7-16(8-18(17)22)33-5-4-32(3)24(11-33)12-35-13-24;1-11(2)29-16(18-13-7-21(24,8-14(13)18)10-28(3)4)6-15(27-29)12-5-17(30-20(22)23)19(25)26-9-12/h2*6,9-10,14,16-18,22H,4-5,7-8,11-13H2,1-3H3,(H2,29,30);5-6,9,11,13-14,18,20H,7-8,10H2,1-4H3,(H2,25,26)/t2*16?,17-,18+,22?;13-,14+,18?,21?. The van der Waals surface area contributed by atoms with Crippen LogP contribution in [0, 0.1) is 35.5 Å². The molecule has 20 nitrogen and oxygen atoms in total. The maximum absolute atomic E-state index is 15.1. The van der Waals surface area contributed by atoms with Gasteiger partial charge in [-0.25, -0.2) is 19.3 Å². The fraction of sp³-hybridized carbons (Fsp3) is 0.662. The first-order valence-corrected chi connectivity index (χ1v) is 35.3. The van der Waals surface area contributed by atoms with E-state index >= 15 is 4.39 Å². The number of nitrogens with zero attached hydrogens (tertiary/aromatic N) is 14. The molecule has 0 radical (unpaired) electrons. The molecule has 10 fully saturated rings. The molecule has 100 heavy (non-hydrogen) atoms. The molecule has 544 valence electrons. The van der Waals surface area contributed by atoms with Gasteiger partial charge < -0.3 is 36.3 Å². The predicted molar refractivity (Wildman–Crippen MR) is 360 cm³/mol. The van der Waals surface area contributed by atoms with E-state index in [2.05, 4.69) is 81.1 Å². The lowest BCUT2D eigenvalue weighted by Crippen LogP contribution is -2.71. The van der Waals surface area contributed by atoms with E-state index in [0.717, 1.165) is 94.9 Å². The molecule has 4 saturated heterocycles. The molecule has 0 bridgehead atoms. The molecule has 0 amide bonds. The van der Waals surface area contributed by atoms with Gasteiger partial charge in [0.1, 0.15) is 17.3 Å². The molecule has 6 saturated carbocycles. The molecule has 16 rings (SSSR count). The number of aromatic nitrogens is 9. The van der Waals surface area contributed by atoms with Gasteiger partial charge in [-0.05, 0) is 180 Å². The van der Waals surface area contributed by atoms with Gasteiger partial charge in [0.2, 0.25) is 0 Å². The van der Waals surface area contributed by atoms with E-state index in [9.17, 15) is 35.1 Å². The van der Waals surface area contributed by atoms with Crippen LogP contribution in [0.2, 0.25) is 0 Å². The van der Waals surface area contributed by atoms with Gasteiger partial charge in [-0.2, -0.15) is 50.4 Å². The molecule has 6 aliphatic carbocycles. The largest absolute Gasteiger partial charge is 0.431 e. The first-order valence-electron chi connectivity index (χ1n) is 35.3. The predicted octanol–water partition coefficient (Wildman–Crippen LogP) is 11.4. The molecule has 29 heteroatoms. The van der Waals surface area contributed by atoms with Crippen LogP contribution in [0.25, 0.3) is 33.8 Å². The SMILES string of the molecule is CC(C)n1nc(-c2cnc(N)c(C(F)(F)F)c2)cc1C1[C@H]2CC(N3CCN(C)C4(COC4)C3)C[C@@H]12.CC(C)n1nc(-c2cnc(N)c(C(F)(F)F)c2)cc1C1[C@H]2CC(N3CCN(C)C4(COC4)C3)C[C@@H]12.CC(C)n1nc(-c2cnc(N)c(OC(F)F)c2)cc1C1[C@H]2CC(F)(CN(C)C)C[C@@H]12. The number of hydrogen-bond acceptors (Lipinski definition) is 17. The van der Waals surface area contributed by atoms with Crippen LogP contribution >= 0.6 is 0 Å². The van der Waals surface area contributed by atoms with E-state index in [4.69, 9.17) is 42.0 Å². The molecule has 6 unspecified atom stereocenters. The Morgan fingerprint density at radius 1 is 0.530 bits per heavy atom. The molecule has 6 aromatic rings. The van der Waals surface area contributed by atoms with Crippen LogP contribution in [-0.4, -0.2) is 205 Å². The minimum atomic E-state index is -4.55. The highest BCUT2D eigenvalue weighted by atomic mass is 19.4. The zero-order valence-corrected chi connectivity index (χ0v) is 58.5.